The van der Waals surface area contributed by atoms with Gasteiger partial charge in [-0.2, -0.15) is 0 Å². The quantitative estimate of drug-likeness (QED) is 0.608. The van der Waals surface area contributed by atoms with Crippen LogP contribution in [0.4, 0.5) is 0 Å². The van der Waals surface area contributed by atoms with Gasteiger partial charge in [0.2, 0.25) is 0 Å². The summed E-state index contributed by atoms with van der Waals surface area (Å²) in [6.45, 7) is 7.98. The topological polar surface area (TPSA) is 55.4 Å². The van der Waals surface area contributed by atoms with Gasteiger partial charge >= 0.3 is 0 Å². The summed E-state index contributed by atoms with van der Waals surface area (Å²) in [7, 11) is -1.22. The molecule has 0 aromatic heterocycles. The lowest BCUT2D eigenvalue weighted by Crippen LogP contribution is -2.28. The Labute approximate surface area is 106 Å². The van der Waals surface area contributed by atoms with Crippen molar-refractivity contribution in [2.24, 2.45) is 5.92 Å². The van der Waals surface area contributed by atoms with E-state index in [9.17, 15) is 8.42 Å². The molecule has 1 atom stereocenters. The van der Waals surface area contributed by atoms with Crippen LogP contribution in [0.15, 0.2) is 0 Å². The first-order valence-electron chi connectivity index (χ1n) is 6.35. The van der Waals surface area contributed by atoms with Crippen LogP contribution in [0.3, 0.4) is 0 Å². The molecule has 1 N–H and O–H groups in total. The number of methoxy groups -OCH3 is 1. The fraction of sp³-hybridized carbons (Fsp3) is 1.00. The van der Waals surface area contributed by atoms with Crippen LogP contribution in [0.5, 0.6) is 0 Å². The molecule has 104 valence electrons. The summed E-state index contributed by atoms with van der Waals surface area (Å²) < 4.78 is 28.3. The van der Waals surface area contributed by atoms with Gasteiger partial charge in [0.25, 0.3) is 0 Å². The van der Waals surface area contributed by atoms with Gasteiger partial charge in [-0.05, 0) is 32.7 Å². The Morgan fingerprint density at radius 3 is 2.41 bits per heavy atom. The summed E-state index contributed by atoms with van der Waals surface area (Å²) in [4.78, 5) is 0. The van der Waals surface area contributed by atoms with Gasteiger partial charge in [-0.25, -0.2) is 8.42 Å². The van der Waals surface area contributed by atoms with E-state index < -0.39 is 9.84 Å². The van der Waals surface area contributed by atoms with Gasteiger partial charge in [0, 0.05) is 13.7 Å². The molecule has 0 aromatic carbocycles. The van der Waals surface area contributed by atoms with Gasteiger partial charge in [0.15, 0.2) is 9.84 Å². The number of rotatable bonds is 10. The first-order valence-corrected chi connectivity index (χ1v) is 8.06. The maximum absolute atomic E-state index is 11.7. The molecule has 0 saturated carbocycles. The van der Waals surface area contributed by atoms with Gasteiger partial charge in [-0.1, -0.05) is 13.3 Å². The molecule has 0 saturated heterocycles. The van der Waals surface area contributed by atoms with Gasteiger partial charge in [-0.3, -0.25) is 0 Å². The third-order valence-electron chi connectivity index (χ3n) is 3.02. The molecule has 0 fully saturated rings. The molecule has 0 aromatic rings. The van der Waals surface area contributed by atoms with Gasteiger partial charge in [0.1, 0.15) is 0 Å². The zero-order chi connectivity index (χ0) is 13.3. The largest absolute Gasteiger partial charge is 0.383 e. The van der Waals surface area contributed by atoms with Crippen LogP contribution in [-0.2, 0) is 14.6 Å². The zero-order valence-corrected chi connectivity index (χ0v) is 12.3. The summed E-state index contributed by atoms with van der Waals surface area (Å²) >= 11 is 0. The second-order valence-corrected chi connectivity index (χ2v) is 7.35. The van der Waals surface area contributed by atoms with E-state index in [2.05, 4.69) is 12.2 Å². The number of sulfone groups is 1. The smallest absolute Gasteiger partial charge is 0.152 e. The van der Waals surface area contributed by atoms with Crippen LogP contribution in [0.2, 0.25) is 0 Å². The van der Waals surface area contributed by atoms with E-state index in [0.717, 1.165) is 25.9 Å². The highest BCUT2D eigenvalue weighted by Crippen LogP contribution is 2.11. The number of hydrogen-bond acceptors (Lipinski definition) is 4. The zero-order valence-electron chi connectivity index (χ0n) is 11.5. The Balaban J connectivity index is 3.90. The van der Waals surface area contributed by atoms with Crippen LogP contribution in [-0.4, -0.2) is 46.2 Å². The summed E-state index contributed by atoms with van der Waals surface area (Å²) in [5.74, 6) is 0.732. The van der Waals surface area contributed by atoms with Crippen molar-refractivity contribution in [3.8, 4) is 0 Å². The van der Waals surface area contributed by atoms with E-state index in [1.54, 1.807) is 21.0 Å². The maximum atomic E-state index is 11.7. The average Bonchev–Trinajstić information content (AvgIpc) is 2.28. The van der Waals surface area contributed by atoms with Crippen LogP contribution >= 0.6 is 0 Å². The molecule has 17 heavy (non-hydrogen) atoms. The minimum atomic E-state index is -2.89. The van der Waals surface area contributed by atoms with E-state index in [4.69, 9.17) is 4.74 Å². The highest BCUT2D eigenvalue weighted by Gasteiger charge is 2.18. The van der Waals surface area contributed by atoms with Crippen molar-refractivity contribution in [3.05, 3.63) is 0 Å². The fourth-order valence-corrected chi connectivity index (χ4v) is 2.63. The van der Waals surface area contributed by atoms with E-state index in [-0.39, 0.29) is 5.25 Å². The first kappa shape index (κ1) is 16.9. The molecule has 1 unspecified atom stereocenters. The molecule has 0 aliphatic heterocycles. The Morgan fingerprint density at radius 1 is 1.29 bits per heavy atom. The minimum absolute atomic E-state index is 0.263. The van der Waals surface area contributed by atoms with Crippen molar-refractivity contribution in [1.82, 2.24) is 5.32 Å². The summed E-state index contributed by atoms with van der Waals surface area (Å²) in [6, 6.07) is 0. The van der Waals surface area contributed by atoms with Crippen LogP contribution < -0.4 is 5.32 Å². The fourth-order valence-electron chi connectivity index (χ4n) is 1.50. The minimum Gasteiger partial charge on any atom is -0.383 e. The Kier molecular flexibility index (Phi) is 8.82. The van der Waals surface area contributed by atoms with E-state index in [1.807, 2.05) is 0 Å². The van der Waals surface area contributed by atoms with Gasteiger partial charge in [0.05, 0.1) is 17.6 Å². The Hall–Kier alpha value is -0.130. The molecule has 0 amide bonds. The molecule has 0 spiro atoms. The molecule has 0 heterocycles. The number of nitrogens with one attached hydrogen (secondary N) is 1. The summed E-state index contributed by atoms with van der Waals surface area (Å²) in [5.41, 5.74) is 0. The molecule has 4 nitrogen and oxygen atoms in total. The van der Waals surface area contributed by atoms with Crippen molar-refractivity contribution in [3.63, 3.8) is 0 Å². The molecular weight excluding hydrogens is 238 g/mol. The van der Waals surface area contributed by atoms with Crippen molar-refractivity contribution in [2.45, 2.75) is 38.9 Å². The van der Waals surface area contributed by atoms with E-state index in [1.165, 1.54) is 0 Å². The lowest BCUT2D eigenvalue weighted by Gasteiger charge is -2.16. The standard InChI is InChI=1S/C12H27NO3S/c1-5-12(10-13-7-8-16-4)6-9-17(14,15)11(2)3/h11-13H,5-10H2,1-4H3. The summed E-state index contributed by atoms with van der Waals surface area (Å²) in [6.07, 6.45) is 1.75. The van der Waals surface area contributed by atoms with Crippen LogP contribution in [0.1, 0.15) is 33.6 Å². The van der Waals surface area contributed by atoms with E-state index in [0.29, 0.717) is 18.3 Å². The summed E-state index contributed by atoms with van der Waals surface area (Å²) in [5, 5.41) is 3.02. The first-order chi connectivity index (χ1) is 7.94. The molecule has 5 heteroatoms. The van der Waals surface area contributed by atoms with Gasteiger partial charge < -0.3 is 10.1 Å². The normalized spacial score (nSPS) is 14.2. The molecular formula is C12H27NO3S. The highest BCUT2D eigenvalue weighted by molar-refractivity contribution is 7.91. The van der Waals surface area contributed by atoms with Crippen LogP contribution in [0.25, 0.3) is 0 Å². The number of ether oxygens (including phenoxy) is 1. The lowest BCUT2D eigenvalue weighted by molar-refractivity contribution is 0.197. The van der Waals surface area contributed by atoms with E-state index >= 15 is 0 Å². The molecule has 0 aliphatic rings. The average molecular weight is 265 g/mol. The molecule has 0 radical (unpaired) electrons. The monoisotopic (exact) mass is 265 g/mol. The Morgan fingerprint density at radius 2 is 1.94 bits per heavy atom. The third-order valence-corrected chi connectivity index (χ3v) is 5.26. The van der Waals surface area contributed by atoms with Gasteiger partial charge in [-0.15, -0.1) is 0 Å². The SMILES string of the molecule is CCC(CCS(=O)(=O)C(C)C)CNCCOC. The predicted molar refractivity (Wildman–Crippen MR) is 72.1 cm³/mol. The molecule has 0 rings (SSSR count). The van der Waals surface area contributed by atoms with Crippen LogP contribution in [0, 0.1) is 5.92 Å². The Bertz CT molecular complexity index is 275. The molecule has 0 aliphatic carbocycles. The lowest BCUT2D eigenvalue weighted by atomic mass is 10.0. The van der Waals surface area contributed by atoms with Crippen molar-refractivity contribution in [1.29, 1.82) is 0 Å². The molecule has 0 bridgehead atoms. The third kappa shape index (κ3) is 7.73. The highest BCUT2D eigenvalue weighted by atomic mass is 32.2. The predicted octanol–water partition coefficient (Wildman–Crippen LogP) is 1.46. The number of hydrogen-bond donors (Lipinski definition) is 1. The van der Waals surface area contributed by atoms with Crippen molar-refractivity contribution < 1.29 is 13.2 Å². The van der Waals surface area contributed by atoms with Crippen molar-refractivity contribution >= 4 is 9.84 Å². The maximum Gasteiger partial charge on any atom is 0.152 e. The second-order valence-electron chi connectivity index (χ2n) is 4.68. The van der Waals surface area contributed by atoms with Crippen molar-refractivity contribution in [2.75, 3.05) is 32.6 Å². The second kappa shape index (κ2) is 8.89.